The minimum atomic E-state index is -0.0833. The van der Waals surface area contributed by atoms with Gasteiger partial charge in [-0.1, -0.05) is 0 Å². The molecule has 24 valence electrons. The number of rotatable bonds is 0. The van der Waals surface area contributed by atoms with Crippen molar-refractivity contribution in [1.29, 1.82) is 0 Å². The summed E-state index contributed by atoms with van der Waals surface area (Å²) in [5.74, 6) is 0. The maximum atomic E-state index is 8.09. The summed E-state index contributed by atoms with van der Waals surface area (Å²) in [4.78, 5) is 0. The molecule has 0 bridgehead atoms. The predicted octanol–water partition coefficient (Wildman–Crippen LogP) is 0.657. The largest absolute Gasteiger partial charge is 0.371 e. The van der Waals surface area contributed by atoms with Crippen LogP contribution in [0.5, 0.6) is 0 Å². The van der Waals surface area contributed by atoms with Crippen molar-refractivity contribution in [2.75, 3.05) is 0 Å². The molecule has 1 saturated heterocycles. The summed E-state index contributed by atoms with van der Waals surface area (Å²) in [6.45, 7) is 0. The first-order valence-electron chi connectivity index (χ1n) is 0.896. The van der Waals surface area contributed by atoms with E-state index in [9.17, 15) is 0 Å². The number of hydrogen-bond donors (Lipinski definition) is 1. The Balaban J connectivity index is 2.17. The minimum absolute atomic E-state index is 0.0833. The molecule has 0 unspecified atom stereocenters. The summed E-state index contributed by atoms with van der Waals surface area (Å²) in [7, 11) is 2.99. The zero-order chi connectivity index (χ0) is 2.99. The summed E-state index contributed by atoms with van der Waals surface area (Å²) in [6, 6.07) is 0. The molecule has 0 radical (unpaired) electrons. The van der Waals surface area contributed by atoms with Crippen molar-refractivity contribution in [3.63, 3.8) is 0 Å². The molecule has 1 rings (SSSR count). The van der Waals surface area contributed by atoms with Crippen molar-refractivity contribution in [2.45, 2.75) is 4.77 Å². The van der Waals surface area contributed by atoms with Crippen molar-refractivity contribution in [3.8, 4) is 0 Å². The lowest BCUT2D eigenvalue weighted by Gasteiger charge is -1.52. The molecular formula is CH2OS2. The summed E-state index contributed by atoms with van der Waals surface area (Å²) in [6.07, 6.45) is 0. The Morgan fingerprint density at radius 3 is 1.75 bits per heavy atom. The lowest BCUT2D eigenvalue weighted by Crippen LogP contribution is -1.59. The molecule has 1 N–H and O–H groups in total. The van der Waals surface area contributed by atoms with Gasteiger partial charge in [-0.2, -0.15) is 0 Å². The van der Waals surface area contributed by atoms with E-state index in [-0.39, 0.29) is 4.77 Å². The molecule has 0 aromatic carbocycles. The fraction of sp³-hybridized carbons (Fsp3) is 1.00. The Kier molecular flexibility index (Phi) is 0.581. The van der Waals surface area contributed by atoms with Crippen LogP contribution in [-0.4, -0.2) is 9.87 Å². The highest BCUT2D eigenvalue weighted by molar-refractivity contribution is 8.92. The van der Waals surface area contributed by atoms with Gasteiger partial charge in [-0.05, 0) is 21.6 Å². The van der Waals surface area contributed by atoms with Gasteiger partial charge in [-0.15, -0.1) is 0 Å². The molecule has 1 aliphatic heterocycles. The maximum absolute atomic E-state index is 8.09. The van der Waals surface area contributed by atoms with Gasteiger partial charge in [0.1, 0.15) is 0 Å². The molecule has 0 aromatic heterocycles. The van der Waals surface area contributed by atoms with Crippen molar-refractivity contribution in [3.05, 3.63) is 0 Å². The zero-order valence-corrected chi connectivity index (χ0v) is 3.47. The second kappa shape index (κ2) is 0.808. The van der Waals surface area contributed by atoms with E-state index in [0.717, 1.165) is 0 Å². The van der Waals surface area contributed by atoms with Crippen molar-refractivity contribution in [2.24, 2.45) is 0 Å². The lowest BCUT2D eigenvalue weighted by atomic mass is 11.7. The van der Waals surface area contributed by atoms with Gasteiger partial charge < -0.3 is 5.11 Å². The van der Waals surface area contributed by atoms with E-state index in [0.29, 0.717) is 0 Å². The molecule has 0 amide bonds. The van der Waals surface area contributed by atoms with Gasteiger partial charge in [0, 0.05) is 0 Å². The average molecular weight is 94.2 g/mol. The van der Waals surface area contributed by atoms with Gasteiger partial charge in [-0.25, -0.2) is 0 Å². The van der Waals surface area contributed by atoms with Crippen LogP contribution in [0.3, 0.4) is 0 Å². The Bertz CT molecular complexity index is 25.2. The third-order valence-corrected chi connectivity index (χ3v) is 1.64. The average Bonchev–Trinajstić information content (AvgIpc) is 1.75. The third kappa shape index (κ3) is 0.547. The molecule has 1 heterocycles. The Morgan fingerprint density at radius 1 is 1.50 bits per heavy atom. The van der Waals surface area contributed by atoms with Crippen LogP contribution in [0.25, 0.3) is 0 Å². The van der Waals surface area contributed by atoms with Gasteiger partial charge in [0.2, 0.25) is 0 Å². The highest BCUT2D eigenvalue weighted by Gasteiger charge is 2.18. The van der Waals surface area contributed by atoms with Gasteiger partial charge in [0.05, 0.1) is 0 Å². The highest BCUT2D eigenvalue weighted by Crippen LogP contribution is 2.50. The van der Waals surface area contributed by atoms with Gasteiger partial charge in [0.25, 0.3) is 0 Å². The quantitative estimate of drug-likeness (QED) is 0.351. The smallest absolute Gasteiger partial charge is 0.166 e. The van der Waals surface area contributed by atoms with Gasteiger partial charge in [0.15, 0.2) is 4.77 Å². The van der Waals surface area contributed by atoms with Crippen LogP contribution < -0.4 is 0 Å². The number of aliphatic hydroxyl groups is 1. The topological polar surface area (TPSA) is 20.2 Å². The van der Waals surface area contributed by atoms with E-state index < -0.39 is 0 Å². The molecular weight excluding hydrogens is 92.1 g/mol. The fourth-order valence-corrected chi connectivity index (χ4v) is 0.224. The SMILES string of the molecule is OC1SS1. The van der Waals surface area contributed by atoms with Crippen LogP contribution in [0.2, 0.25) is 0 Å². The molecule has 3 heteroatoms. The van der Waals surface area contributed by atoms with Crippen LogP contribution in [0, 0.1) is 0 Å². The van der Waals surface area contributed by atoms with E-state index in [4.69, 9.17) is 5.11 Å². The standard InChI is InChI=1S/CH2OS2/c2-1-3-4-1/h1-2H. The summed E-state index contributed by atoms with van der Waals surface area (Å²) < 4.78 is -0.0833. The summed E-state index contributed by atoms with van der Waals surface area (Å²) in [5.41, 5.74) is 0. The Labute approximate surface area is 32.2 Å². The number of aliphatic hydroxyl groups excluding tert-OH is 1. The lowest BCUT2D eigenvalue weighted by molar-refractivity contribution is 0.355. The van der Waals surface area contributed by atoms with E-state index in [1.807, 2.05) is 0 Å². The minimum Gasteiger partial charge on any atom is -0.371 e. The van der Waals surface area contributed by atoms with Crippen LogP contribution >= 0.6 is 21.6 Å². The van der Waals surface area contributed by atoms with Crippen molar-refractivity contribution in [1.82, 2.24) is 0 Å². The Morgan fingerprint density at radius 2 is 1.75 bits per heavy atom. The van der Waals surface area contributed by atoms with E-state index in [1.165, 1.54) is 21.6 Å². The molecule has 1 nitrogen and oxygen atoms in total. The van der Waals surface area contributed by atoms with E-state index in [2.05, 4.69) is 0 Å². The summed E-state index contributed by atoms with van der Waals surface area (Å²) in [5, 5.41) is 8.09. The molecule has 0 atom stereocenters. The molecule has 0 spiro atoms. The molecule has 0 aliphatic carbocycles. The third-order valence-electron chi connectivity index (χ3n) is 0.182. The van der Waals surface area contributed by atoms with Crippen LogP contribution in [-0.2, 0) is 0 Å². The second-order valence-corrected chi connectivity index (χ2v) is 3.23. The molecule has 0 saturated carbocycles. The first-order valence-corrected chi connectivity index (χ1v) is 3.17. The molecule has 1 fully saturated rings. The Hall–Kier alpha value is 0.660. The van der Waals surface area contributed by atoms with Crippen molar-refractivity contribution < 1.29 is 5.11 Å². The van der Waals surface area contributed by atoms with E-state index >= 15 is 0 Å². The maximum Gasteiger partial charge on any atom is 0.166 e. The number of hydrogen-bond acceptors (Lipinski definition) is 3. The second-order valence-electron chi connectivity index (χ2n) is 0.499. The van der Waals surface area contributed by atoms with Crippen LogP contribution in [0.15, 0.2) is 0 Å². The molecule has 1 aliphatic rings. The van der Waals surface area contributed by atoms with Crippen LogP contribution in [0.1, 0.15) is 0 Å². The van der Waals surface area contributed by atoms with E-state index in [1.54, 1.807) is 0 Å². The first kappa shape index (κ1) is 2.87. The molecule has 4 heavy (non-hydrogen) atoms. The monoisotopic (exact) mass is 94.0 g/mol. The fourth-order valence-electron chi connectivity index (χ4n) is 0.0248. The van der Waals surface area contributed by atoms with Gasteiger partial charge in [-0.3, -0.25) is 0 Å². The highest BCUT2D eigenvalue weighted by atomic mass is 33.2. The predicted molar refractivity (Wildman–Crippen MR) is 21.2 cm³/mol. The van der Waals surface area contributed by atoms with Crippen LogP contribution in [0.4, 0.5) is 0 Å². The zero-order valence-electron chi connectivity index (χ0n) is 1.84. The molecule has 0 aromatic rings. The summed E-state index contributed by atoms with van der Waals surface area (Å²) >= 11 is 0. The van der Waals surface area contributed by atoms with Crippen molar-refractivity contribution >= 4 is 21.6 Å². The van der Waals surface area contributed by atoms with Gasteiger partial charge >= 0.3 is 0 Å². The normalized spacial score (nSPS) is 26.2. The first-order chi connectivity index (χ1) is 1.89.